The first-order chi connectivity index (χ1) is 14.7. The number of nitrogens with two attached hydrogens (primary N) is 1. The van der Waals surface area contributed by atoms with Crippen LogP contribution in [0.2, 0.25) is 0 Å². The van der Waals surface area contributed by atoms with E-state index >= 15 is 0 Å². The Balaban J connectivity index is 1.53. The van der Waals surface area contributed by atoms with E-state index in [9.17, 15) is 4.79 Å². The first-order valence-electron chi connectivity index (χ1n) is 9.70. The van der Waals surface area contributed by atoms with Gasteiger partial charge in [0.1, 0.15) is 24.8 Å². The predicted octanol–water partition coefficient (Wildman–Crippen LogP) is 3.59. The van der Waals surface area contributed by atoms with E-state index in [0.29, 0.717) is 43.7 Å². The molecule has 2 heterocycles. The SMILES string of the molecule is NCCOc1cccc(Nc2ccc3c(n2)N(C(=O)Nc2ccccc2)CCO3)c1. The predicted molar refractivity (Wildman–Crippen MR) is 117 cm³/mol. The van der Waals surface area contributed by atoms with Crippen molar-refractivity contribution in [3.63, 3.8) is 0 Å². The second kappa shape index (κ2) is 9.15. The van der Waals surface area contributed by atoms with Gasteiger partial charge in [-0.3, -0.25) is 4.90 Å². The number of nitrogens with zero attached hydrogens (tertiary/aromatic N) is 2. The van der Waals surface area contributed by atoms with Gasteiger partial charge in [0.2, 0.25) is 0 Å². The first-order valence-corrected chi connectivity index (χ1v) is 9.70. The lowest BCUT2D eigenvalue weighted by atomic mass is 10.3. The number of rotatable bonds is 6. The minimum Gasteiger partial charge on any atom is -0.492 e. The summed E-state index contributed by atoms with van der Waals surface area (Å²) in [5, 5.41) is 6.14. The van der Waals surface area contributed by atoms with Crippen LogP contribution in [0.5, 0.6) is 11.5 Å². The molecule has 0 spiro atoms. The zero-order valence-corrected chi connectivity index (χ0v) is 16.4. The summed E-state index contributed by atoms with van der Waals surface area (Å²) in [7, 11) is 0. The number of hydrogen-bond acceptors (Lipinski definition) is 6. The van der Waals surface area contributed by atoms with Gasteiger partial charge in [0.05, 0.1) is 6.54 Å². The number of amides is 2. The van der Waals surface area contributed by atoms with Gasteiger partial charge in [0.25, 0.3) is 0 Å². The summed E-state index contributed by atoms with van der Waals surface area (Å²) < 4.78 is 11.2. The van der Waals surface area contributed by atoms with Crippen LogP contribution in [0, 0.1) is 0 Å². The lowest BCUT2D eigenvalue weighted by Gasteiger charge is -2.28. The van der Waals surface area contributed by atoms with Gasteiger partial charge >= 0.3 is 6.03 Å². The van der Waals surface area contributed by atoms with E-state index in [0.717, 1.165) is 17.1 Å². The molecule has 0 saturated heterocycles. The third-order valence-electron chi connectivity index (χ3n) is 4.43. The summed E-state index contributed by atoms with van der Waals surface area (Å²) in [6.45, 7) is 1.71. The van der Waals surface area contributed by atoms with Crippen LogP contribution in [0.25, 0.3) is 0 Å². The molecule has 0 unspecified atom stereocenters. The Hall–Kier alpha value is -3.78. The van der Waals surface area contributed by atoms with E-state index in [1.807, 2.05) is 60.7 Å². The quantitative estimate of drug-likeness (QED) is 0.579. The molecule has 0 atom stereocenters. The Bertz CT molecular complexity index is 1010. The van der Waals surface area contributed by atoms with Crippen molar-refractivity contribution in [3.05, 3.63) is 66.7 Å². The van der Waals surface area contributed by atoms with E-state index in [1.54, 1.807) is 11.0 Å². The van der Waals surface area contributed by atoms with Gasteiger partial charge in [0.15, 0.2) is 11.6 Å². The van der Waals surface area contributed by atoms with E-state index in [1.165, 1.54) is 0 Å². The molecular weight excluding hydrogens is 382 g/mol. The third kappa shape index (κ3) is 4.61. The van der Waals surface area contributed by atoms with Crippen molar-refractivity contribution in [1.82, 2.24) is 4.98 Å². The van der Waals surface area contributed by atoms with Gasteiger partial charge in [-0.1, -0.05) is 24.3 Å². The van der Waals surface area contributed by atoms with Crippen LogP contribution in [-0.2, 0) is 0 Å². The Morgan fingerprint density at radius 1 is 1.10 bits per heavy atom. The second-order valence-electron chi connectivity index (χ2n) is 6.60. The van der Waals surface area contributed by atoms with Crippen LogP contribution in [0.3, 0.4) is 0 Å². The summed E-state index contributed by atoms with van der Waals surface area (Å²) in [4.78, 5) is 19.0. The Kier molecular flexibility index (Phi) is 5.95. The molecule has 2 amide bonds. The molecule has 154 valence electrons. The Morgan fingerprint density at radius 3 is 2.77 bits per heavy atom. The van der Waals surface area contributed by atoms with Crippen molar-refractivity contribution in [2.75, 3.05) is 41.8 Å². The molecular formula is C22H23N5O3. The number of anilines is 4. The van der Waals surface area contributed by atoms with E-state index in [2.05, 4.69) is 15.6 Å². The molecule has 1 aromatic heterocycles. The summed E-state index contributed by atoms with van der Waals surface area (Å²) in [6, 6.07) is 20.2. The fourth-order valence-electron chi connectivity index (χ4n) is 3.06. The molecule has 2 aromatic carbocycles. The zero-order chi connectivity index (χ0) is 20.8. The van der Waals surface area contributed by atoms with Crippen molar-refractivity contribution in [2.45, 2.75) is 0 Å². The minimum absolute atomic E-state index is 0.257. The van der Waals surface area contributed by atoms with Crippen LogP contribution in [0.4, 0.5) is 27.8 Å². The number of carbonyl (C=O) groups is 1. The van der Waals surface area contributed by atoms with Gasteiger partial charge < -0.3 is 25.8 Å². The number of aromatic nitrogens is 1. The van der Waals surface area contributed by atoms with E-state index < -0.39 is 0 Å². The molecule has 8 heteroatoms. The summed E-state index contributed by atoms with van der Waals surface area (Å²) >= 11 is 0. The molecule has 0 fully saturated rings. The number of fused-ring (bicyclic) bond motifs is 1. The van der Waals surface area contributed by atoms with Crippen molar-refractivity contribution in [3.8, 4) is 11.5 Å². The van der Waals surface area contributed by atoms with Crippen LogP contribution in [-0.4, -0.2) is 37.3 Å². The van der Waals surface area contributed by atoms with Gasteiger partial charge in [-0.2, -0.15) is 0 Å². The molecule has 1 aliphatic heterocycles. The molecule has 0 radical (unpaired) electrons. The largest absolute Gasteiger partial charge is 0.492 e. The molecule has 0 saturated carbocycles. The molecule has 0 aliphatic carbocycles. The maximum atomic E-state index is 12.8. The van der Waals surface area contributed by atoms with Gasteiger partial charge in [-0.05, 0) is 36.4 Å². The topological polar surface area (TPSA) is 102 Å². The second-order valence-corrected chi connectivity index (χ2v) is 6.60. The van der Waals surface area contributed by atoms with E-state index in [4.69, 9.17) is 15.2 Å². The highest BCUT2D eigenvalue weighted by Crippen LogP contribution is 2.32. The standard InChI is InChI=1S/C22H23N5O3/c23-11-13-29-18-8-4-7-17(15-18)24-20-10-9-19-21(26-20)27(12-14-30-19)22(28)25-16-5-2-1-3-6-16/h1-10,15H,11-14,23H2,(H,24,26)(H,25,28). The number of hydrogen-bond donors (Lipinski definition) is 3. The van der Waals surface area contributed by atoms with Crippen molar-refractivity contribution in [2.24, 2.45) is 5.73 Å². The fourth-order valence-corrected chi connectivity index (χ4v) is 3.06. The van der Waals surface area contributed by atoms with Crippen molar-refractivity contribution >= 4 is 29.0 Å². The highest BCUT2D eigenvalue weighted by Gasteiger charge is 2.25. The molecule has 8 nitrogen and oxygen atoms in total. The number of para-hydroxylation sites is 1. The van der Waals surface area contributed by atoms with Gasteiger partial charge in [-0.15, -0.1) is 0 Å². The lowest BCUT2D eigenvalue weighted by Crippen LogP contribution is -2.41. The highest BCUT2D eigenvalue weighted by atomic mass is 16.5. The number of ether oxygens (including phenoxy) is 2. The summed E-state index contributed by atoms with van der Waals surface area (Å²) in [5.41, 5.74) is 7.02. The Morgan fingerprint density at radius 2 is 1.93 bits per heavy atom. The average molecular weight is 405 g/mol. The van der Waals surface area contributed by atoms with E-state index in [-0.39, 0.29) is 6.03 Å². The van der Waals surface area contributed by atoms with Gasteiger partial charge in [-0.25, -0.2) is 9.78 Å². The third-order valence-corrected chi connectivity index (χ3v) is 4.43. The number of benzene rings is 2. The maximum Gasteiger partial charge on any atom is 0.327 e. The zero-order valence-electron chi connectivity index (χ0n) is 16.4. The lowest BCUT2D eigenvalue weighted by molar-refractivity contribution is 0.249. The average Bonchev–Trinajstić information content (AvgIpc) is 2.78. The normalized spacial score (nSPS) is 12.5. The highest BCUT2D eigenvalue weighted by molar-refractivity contribution is 6.02. The molecule has 4 rings (SSSR count). The van der Waals surface area contributed by atoms with Crippen molar-refractivity contribution < 1.29 is 14.3 Å². The van der Waals surface area contributed by atoms with Crippen molar-refractivity contribution in [1.29, 1.82) is 0 Å². The fraction of sp³-hybridized carbons (Fsp3) is 0.182. The smallest absolute Gasteiger partial charge is 0.327 e. The minimum atomic E-state index is -0.257. The monoisotopic (exact) mass is 405 g/mol. The molecule has 3 aromatic rings. The summed E-state index contributed by atoms with van der Waals surface area (Å²) in [5.74, 6) is 2.34. The molecule has 0 bridgehead atoms. The van der Waals surface area contributed by atoms with Crippen LogP contribution in [0.15, 0.2) is 66.7 Å². The van der Waals surface area contributed by atoms with Crippen LogP contribution < -0.4 is 30.7 Å². The summed E-state index contributed by atoms with van der Waals surface area (Å²) in [6.07, 6.45) is 0. The maximum absolute atomic E-state index is 12.8. The number of carbonyl (C=O) groups excluding carboxylic acids is 1. The van der Waals surface area contributed by atoms with Gasteiger partial charge in [0, 0.05) is 24.0 Å². The first kappa shape index (κ1) is 19.5. The Labute approximate surface area is 174 Å². The van der Waals surface area contributed by atoms with Crippen LogP contribution in [0.1, 0.15) is 0 Å². The van der Waals surface area contributed by atoms with Crippen LogP contribution >= 0.6 is 0 Å². The molecule has 30 heavy (non-hydrogen) atoms. The number of pyridine rings is 1. The molecule has 4 N–H and O–H groups in total. The number of urea groups is 1. The number of nitrogens with one attached hydrogen (secondary N) is 2. The molecule has 1 aliphatic rings.